The van der Waals surface area contributed by atoms with Gasteiger partial charge in [-0.25, -0.2) is 8.37 Å². The fourth-order valence-electron chi connectivity index (χ4n) is 1.96. The molecule has 10 nitrogen and oxygen atoms in total. The molecule has 0 saturated carbocycles. The molecule has 156 valence electrons. The molecule has 0 radical (unpaired) electrons. The molecule has 0 aliphatic carbocycles. The Bertz CT molecular complexity index is 996. The zero-order valence-corrected chi connectivity index (χ0v) is 16.9. The first kappa shape index (κ1) is 22.5. The van der Waals surface area contributed by atoms with Crippen molar-refractivity contribution in [1.29, 1.82) is 0 Å². The van der Waals surface area contributed by atoms with Gasteiger partial charge in [0.1, 0.15) is 11.5 Å². The van der Waals surface area contributed by atoms with Crippen LogP contribution in [0.25, 0.3) is 0 Å². The van der Waals surface area contributed by atoms with Crippen molar-refractivity contribution < 1.29 is 44.3 Å². The molecule has 12 heteroatoms. The van der Waals surface area contributed by atoms with E-state index in [0.29, 0.717) is 0 Å². The molecular weight excluding hydrogens is 428 g/mol. The second-order valence-electron chi connectivity index (χ2n) is 5.39. The van der Waals surface area contributed by atoms with Crippen LogP contribution in [0.2, 0.25) is 0 Å². The van der Waals surface area contributed by atoms with Crippen molar-refractivity contribution in [2.45, 2.75) is 23.6 Å². The molecule has 0 saturated heterocycles. The normalized spacial score (nSPS) is 11.7. The second kappa shape index (κ2) is 9.13. The van der Waals surface area contributed by atoms with Gasteiger partial charge in [-0.2, -0.15) is 16.8 Å². The molecular formula is C17H16O10S2. The fourth-order valence-corrected chi connectivity index (χ4v) is 3.58. The molecule has 0 unspecified atom stereocenters. The molecule has 0 aromatic heterocycles. The third kappa shape index (κ3) is 6.64. The van der Waals surface area contributed by atoms with E-state index in [1.807, 2.05) is 0 Å². The van der Waals surface area contributed by atoms with E-state index in [9.17, 15) is 26.4 Å². The van der Waals surface area contributed by atoms with Crippen LogP contribution in [-0.2, 0) is 38.2 Å². The van der Waals surface area contributed by atoms with E-state index in [0.717, 1.165) is 24.3 Å². The third-order valence-electron chi connectivity index (χ3n) is 3.15. The van der Waals surface area contributed by atoms with Gasteiger partial charge in [0.2, 0.25) is 0 Å². The molecule has 2 rings (SSSR count). The highest BCUT2D eigenvalue weighted by Gasteiger charge is 2.20. The summed E-state index contributed by atoms with van der Waals surface area (Å²) in [5.74, 6) is -0.882. The Morgan fingerprint density at radius 2 is 0.966 bits per heavy atom. The molecule has 29 heavy (non-hydrogen) atoms. The van der Waals surface area contributed by atoms with Crippen LogP contribution in [0.4, 0.5) is 0 Å². The Morgan fingerprint density at radius 3 is 1.24 bits per heavy atom. The van der Waals surface area contributed by atoms with Crippen LogP contribution in [0.3, 0.4) is 0 Å². The Labute approximate surface area is 167 Å². The minimum Gasteiger partial charge on any atom is -0.427 e. The van der Waals surface area contributed by atoms with Gasteiger partial charge in [-0.3, -0.25) is 9.59 Å². The van der Waals surface area contributed by atoms with Crippen LogP contribution in [0, 0.1) is 0 Å². The lowest BCUT2D eigenvalue weighted by Gasteiger charge is -2.08. The number of ether oxygens (including phenoxy) is 2. The minimum atomic E-state index is -4.32. The topological polar surface area (TPSA) is 139 Å². The average molecular weight is 444 g/mol. The molecule has 0 heterocycles. The highest BCUT2D eigenvalue weighted by atomic mass is 32.2. The number of benzene rings is 2. The molecule has 0 fully saturated rings. The molecule has 0 N–H and O–H groups in total. The van der Waals surface area contributed by atoms with Crippen LogP contribution in [0.15, 0.2) is 58.3 Å². The Balaban J connectivity index is 1.99. The predicted octanol–water partition coefficient (Wildman–Crippen LogP) is 1.61. The van der Waals surface area contributed by atoms with Crippen LogP contribution in [0.1, 0.15) is 13.8 Å². The van der Waals surface area contributed by atoms with Crippen molar-refractivity contribution in [2.75, 3.05) is 6.79 Å². The Hall–Kier alpha value is -2.80. The van der Waals surface area contributed by atoms with Crippen molar-refractivity contribution in [3.05, 3.63) is 48.5 Å². The molecule has 0 atom stereocenters. The number of rotatable bonds is 8. The molecule has 0 spiro atoms. The van der Waals surface area contributed by atoms with Crippen molar-refractivity contribution in [1.82, 2.24) is 0 Å². The molecule has 2 aromatic rings. The summed E-state index contributed by atoms with van der Waals surface area (Å²) in [5, 5.41) is 0. The van der Waals surface area contributed by atoms with Crippen LogP contribution < -0.4 is 9.47 Å². The SMILES string of the molecule is CC(=O)Oc1ccc(S(=O)(=O)OCOS(=O)(=O)c2ccc(OC(C)=O)cc2)cc1. The summed E-state index contributed by atoms with van der Waals surface area (Å²) < 4.78 is 67.0. The highest BCUT2D eigenvalue weighted by Crippen LogP contribution is 2.20. The summed E-state index contributed by atoms with van der Waals surface area (Å²) in [5.41, 5.74) is 0. The summed E-state index contributed by atoms with van der Waals surface area (Å²) in [6, 6.07) is 9.43. The maximum atomic E-state index is 12.1. The lowest BCUT2D eigenvalue weighted by Crippen LogP contribution is -2.14. The maximum Gasteiger partial charge on any atom is 0.308 e. The fraction of sp³-hybridized carbons (Fsp3) is 0.176. The number of carbonyl (C=O) groups is 2. The first-order chi connectivity index (χ1) is 13.5. The van der Waals surface area contributed by atoms with Gasteiger partial charge in [-0.1, -0.05) is 0 Å². The van der Waals surface area contributed by atoms with Gasteiger partial charge < -0.3 is 9.47 Å². The minimum absolute atomic E-state index is 0.132. The van der Waals surface area contributed by atoms with Gasteiger partial charge in [0.15, 0.2) is 6.79 Å². The lowest BCUT2D eigenvalue weighted by atomic mass is 10.3. The predicted molar refractivity (Wildman–Crippen MR) is 96.9 cm³/mol. The van der Waals surface area contributed by atoms with E-state index in [-0.39, 0.29) is 21.3 Å². The smallest absolute Gasteiger partial charge is 0.308 e. The quantitative estimate of drug-likeness (QED) is 0.255. The molecule has 0 aliphatic rings. The third-order valence-corrected chi connectivity index (χ3v) is 5.67. The van der Waals surface area contributed by atoms with Crippen LogP contribution in [0.5, 0.6) is 11.5 Å². The zero-order valence-electron chi connectivity index (χ0n) is 15.2. The number of esters is 2. The van der Waals surface area contributed by atoms with Gasteiger partial charge in [0.05, 0.1) is 9.79 Å². The highest BCUT2D eigenvalue weighted by molar-refractivity contribution is 7.87. The number of carbonyl (C=O) groups excluding carboxylic acids is 2. The van der Waals surface area contributed by atoms with E-state index < -0.39 is 39.0 Å². The van der Waals surface area contributed by atoms with E-state index >= 15 is 0 Å². The summed E-state index contributed by atoms with van der Waals surface area (Å²) in [6.07, 6.45) is 0. The number of hydrogen-bond acceptors (Lipinski definition) is 10. The van der Waals surface area contributed by atoms with Gasteiger partial charge >= 0.3 is 11.9 Å². The van der Waals surface area contributed by atoms with E-state index in [2.05, 4.69) is 8.37 Å². The lowest BCUT2D eigenvalue weighted by molar-refractivity contribution is -0.132. The summed E-state index contributed by atoms with van der Waals surface area (Å²) >= 11 is 0. The van der Waals surface area contributed by atoms with E-state index in [1.54, 1.807) is 0 Å². The molecule has 0 aliphatic heterocycles. The van der Waals surface area contributed by atoms with Crippen LogP contribution >= 0.6 is 0 Å². The monoisotopic (exact) mass is 444 g/mol. The van der Waals surface area contributed by atoms with Gasteiger partial charge in [0, 0.05) is 13.8 Å². The summed E-state index contributed by atoms with van der Waals surface area (Å²) in [7, 11) is -8.64. The maximum absolute atomic E-state index is 12.1. The van der Waals surface area contributed by atoms with Gasteiger partial charge in [-0.05, 0) is 48.5 Å². The molecule has 0 amide bonds. The van der Waals surface area contributed by atoms with Crippen LogP contribution in [-0.4, -0.2) is 35.6 Å². The van der Waals surface area contributed by atoms with E-state index in [4.69, 9.17) is 9.47 Å². The summed E-state index contributed by atoms with van der Waals surface area (Å²) in [4.78, 5) is 21.1. The second-order valence-corrected chi connectivity index (χ2v) is 8.62. The van der Waals surface area contributed by atoms with Crippen molar-refractivity contribution in [3.63, 3.8) is 0 Å². The Kier molecular flexibility index (Phi) is 7.08. The van der Waals surface area contributed by atoms with Crippen molar-refractivity contribution >= 4 is 32.2 Å². The van der Waals surface area contributed by atoms with Gasteiger partial charge in [0.25, 0.3) is 20.2 Å². The largest absolute Gasteiger partial charge is 0.427 e. The van der Waals surface area contributed by atoms with E-state index in [1.165, 1.54) is 38.1 Å². The molecule has 0 bridgehead atoms. The number of hydrogen-bond donors (Lipinski definition) is 0. The average Bonchev–Trinajstić information content (AvgIpc) is 2.61. The molecule has 2 aromatic carbocycles. The van der Waals surface area contributed by atoms with Crippen molar-refractivity contribution in [3.8, 4) is 11.5 Å². The first-order valence-corrected chi connectivity index (χ1v) is 10.7. The standard InChI is InChI=1S/C17H16O10S2/c1-12(18)26-14-3-7-16(8-4-14)28(20,21)24-11-25-29(22,23)17-9-5-15(6-10-17)27-13(2)19/h3-10H,11H2,1-2H3. The van der Waals surface area contributed by atoms with Gasteiger partial charge in [-0.15, -0.1) is 0 Å². The first-order valence-electron chi connectivity index (χ1n) is 7.85. The summed E-state index contributed by atoms with van der Waals surface area (Å²) in [6.45, 7) is 1.28. The Morgan fingerprint density at radius 1 is 0.655 bits per heavy atom. The van der Waals surface area contributed by atoms with Crippen molar-refractivity contribution in [2.24, 2.45) is 0 Å². The zero-order chi connectivity index (χ0) is 21.7.